The molecule has 4 rings (SSSR count). The Morgan fingerprint density at radius 3 is 2.71 bits per heavy atom. The molecular formula is C19H25N3OS. The topological polar surface area (TPSA) is 37.4 Å². The van der Waals surface area contributed by atoms with E-state index in [0.717, 1.165) is 11.4 Å². The van der Waals surface area contributed by atoms with E-state index in [0.29, 0.717) is 11.3 Å². The van der Waals surface area contributed by atoms with E-state index in [1.54, 1.807) is 7.11 Å². The first kappa shape index (κ1) is 16.2. The number of nitrogens with one attached hydrogen (secondary N) is 1. The molecular weight excluding hydrogens is 318 g/mol. The molecule has 0 bridgehead atoms. The minimum Gasteiger partial charge on any atom is -0.481 e. The Balaban J connectivity index is 1.46. The summed E-state index contributed by atoms with van der Waals surface area (Å²) in [5.74, 6) is 0.708. The van der Waals surface area contributed by atoms with Crippen molar-refractivity contribution in [1.29, 1.82) is 0 Å². The smallest absolute Gasteiger partial charge is 0.221 e. The van der Waals surface area contributed by atoms with E-state index in [4.69, 9.17) is 4.74 Å². The standard InChI is InChI=1S/C19H25N3OS/c1-20-14-12-19(13-14)7-10-22(11-8-19)24-17-5-3-4-16-15(17)6-9-21-18(16)23-2/h3-6,9,14,20H,7-8,10-13H2,1-2H3. The van der Waals surface area contributed by atoms with Crippen molar-refractivity contribution in [3.63, 3.8) is 0 Å². The van der Waals surface area contributed by atoms with E-state index in [1.807, 2.05) is 18.1 Å². The number of hydrogen-bond donors (Lipinski definition) is 1. The zero-order chi connectivity index (χ0) is 16.6. The lowest BCUT2D eigenvalue weighted by atomic mass is 9.61. The van der Waals surface area contributed by atoms with Gasteiger partial charge in [-0.15, -0.1) is 0 Å². The maximum absolute atomic E-state index is 5.40. The van der Waals surface area contributed by atoms with Gasteiger partial charge in [-0.2, -0.15) is 0 Å². The Bertz CT molecular complexity index is 720. The summed E-state index contributed by atoms with van der Waals surface area (Å²) in [6.45, 7) is 2.36. The molecule has 24 heavy (non-hydrogen) atoms. The van der Waals surface area contributed by atoms with Gasteiger partial charge in [0.25, 0.3) is 0 Å². The zero-order valence-electron chi connectivity index (χ0n) is 14.4. The highest BCUT2D eigenvalue weighted by atomic mass is 32.2. The van der Waals surface area contributed by atoms with Crippen molar-refractivity contribution >= 4 is 22.7 Å². The SMILES string of the molecule is CNC1CC2(CCN(Sc3cccc4c(OC)nccc34)CC2)C1. The molecule has 5 heteroatoms. The molecule has 0 atom stereocenters. The summed E-state index contributed by atoms with van der Waals surface area (Å²) in [5.41, 5.74) is 0.622. The molecule has 1 N–H and O–H groups in total. The highest BCUT2D eigenvalue weighted by molar-refractivity contribution is 7.97. The van der Waals surface area contributed by atoms with Gasteiger partial charge in [-0.05, 0) is 68.3 Å². The highest BCUT2D eigenvalue weighted by Gasteiger charge is 2.45. The number of nitrogens with zero attached hydrogens (tertiary/aromatic N) is 2. The van der Waals surface area contributed by atoms with E-state index in [1.165, 1.54) is 49.1 Å². The molecule has 2 aromatic rings. The third-order valence-corrected chi connectivity index (χ3v) is 6.88. The van der Waals surface area contributed by atoms with Crippen molar-refractivity contribution in [1.82, 2.24) is 14.6 Å². The van der Waals surface area contributed by atoms with Crippen LogP contribution >= 0.6 is 11.9 Å². The normalized spacial score (nSPS) is 21.1. The fraction of sp³-hybridized carbons (Fsp3) is 0.526. The number of benzene rings is 1. The fourth-order valence-electron chi connectivity index (χ4n) is 4.18. The molecule has 0 amide bonds. The van der Waals surface area contributed by atoms with E-state index < -0.39 is 0 Å². The van der Waals surface area contributed by atoms with Gasteiger partial charge in [-0.1, -0.05) is 6.07 Å². The Hall–Kier alpha value is -1.30. The molecule has 1 aliphatic carbocycles. The number of aromatic nitrogens is 1. The van der Waals surface area contributed by atoms with Crippen LogP contribution in [0.1, 0.15) is 25.7 Å². The molecule has 128 valence electrons. The van der Waals surface area contributed by atoms with Crippen LogP contribution in [-0.2, 0) is 0 Å². The summed E-state index contributed by atoms with van der Waals surface area (Å²) in [6.07, 6.45) is 7.21. The predicted octanol–water partition coefficient (Wildman–Crippen LogP) is 3.71. The molecule has 2 fully saturated rings. The molecule has 1 spiro atoms. The van der Waals surface area contributed by atoms with Crippen LogP contribution in [0.5, 0.6) is 5.88 Å². The summed E-state index contributed by atoms with van der Waals surface area (Å²) < 4.78 is 7.93. The molecule has 4 nitrogen and oxygen atoms in total. The molecule has 2 aliphatic rings. The van der Waals surface area contributed by atoms with Crippen molar-refractivity contribution < 1.29 is 4.74 Å². The predicted molar refractivity (Wildman–Crippen MR) is 99.5 cm³/mol. The van der Waals surface area contributed by atoms with E-state index >= 15 is 0 Å². The molecule has 1 saturated heterocycles. The highest BCUT2D eigenvalue weighted by Crippen LogP contribution is 2.50. The number of hydrogen-bond acceptors (Lipinski definition) is 5. The number of rotatable bonds is 4. The Labute approximate surface area is 148 Å². The third kappa shape index (κ3) is 2.89. The van der Waals surface area contributed by atoms with Gasteiger partial charge >= 0.3 is 0 Å². The average Bonchev–Trinajstić information content (AvgIpc) is 2.60. The lowest BCUT2D eigenvalue weighted by molar-refractivity contribution is 0.0320. The Morgan fingerprint density at radius 2 is 2.00 bits per heavy atom. The first-order chi connectivity index (χ1) is 11.7. The average molecular weight is 343 g/mol. The maximum atomic E-state index is 5.40. The molecule has 2 heterocycles. The molecule has 1 aliphatic heterocycles. The van der Waals surface area contributed by atoms with Gasteiger partial charge in [-0.3, -0.25) is 0 Å². The van der Waals surface area contributed by atoms with Gasteiger partial charge in [-0.25, -0.2) is 9.29 Å². The van der Waals surface area contributed by atoms with Crippen LogP contribution in [0.4, 0.5) is 0 Å². The maximum Gasteiger partial charge on any atom is 0.221 e. The van der Waals surface area contributed by atoms with Crippen LogP contribution in [0.2, 0.25) is 0 Å². The first-order valence-corrected chi connectivity index (χ1v) is 9.52. The number of ether oxygens (including phenoxy) is 1. The second kappa shape index (κ2) is 6.54. The lowest BCUT2D eigenvalue weighted by Crippen LogP contribution is -2.52. The van der Waals surface area contributed by atoms with Crippen LogP contribution in [0.3, 0.4) is 0 Å². The first-order valence-electron chi connectivity index (χ1n) is 8.75. The molecule has 0 unspecified atom stereocenters. The van der Waals surface area contributed by atoms with Crippen molar-refractivity contribution in [2.45, 2.75) is 36.6 Å². The number of fused-ring (bicyclic) bond motifs is 1. The van der Waals surface area contributed by atoms with E-state index in [9.17, 15) is 0 Å². The fourth-order valence-corrected chi connectivity index (χ4v) is 5.24. The van der Waals surface area contributed by atoms with Gasteiger partial charge in [0.2, 0.25) is 5.88 Å². The number of methoxy groups -OCH3 is 1. The number of piperidine rings is 1. The minimum atomic E-state index is 0.622. The van der Waals surface area contributed by atoms with Crippen LogP contribution in [0.25, 0.3) is 10.8 Å². The summed E-state index contributed by atoms with van der Waals surface area (Å²) in [4.78, 5) is 5.61. The molecule has 0 radical (unpaired) electrons. The Kier molecular flexibility index (Phi) is 4.41. The van der Waals surface area contributed by atoms with Crippen molar-refractivity contribution in [2.24, 2.45) is 5.41 Å². The zero-order valence-corrected chi connectivity index (χ0v) is 15.2. The summed E-state index contributed by atoms with van der Waals surface area (Å²) in [6, 6.07) is 9.24. The molecule has 1 aromatic heterocycles. The van der Waals surface area contributed by atoms with Crippen LogP contribution in [0, 0.1) is 5.41 Å². The van der Waals surface area contributed by atoms with Gasteiger partial charge in [0.05, 0.1) is 7.11 Å². The van der Waals surface area contributed by atoms with Gasteiger partial charge < -0.3 is 10.1 Å². The van der Waals surface area contributed by atoms with Crippen molar-refractivity contribution in [2.75, 3.05) is 27.2 Å². The molecule has 1 aromatic carbocycles. The van der Waals surface area contributed by atoms with Crippen molar-refractivity contribution in [3.8, 4) is 5.88 Å². The van der Waals surface area contributed by atoms with Crippen LogP contribution < -0.4 is 10.1 Å². The van der Waals surface area contributed by atoms with Gasteiger partial charge in [0, 0.05) is 41.0 Å². The largest absolute Gasteiger partial charge is 0.481 e. The van der Waals surface area contributed by atoms with E-state index in [2.05, 4.69) is 45.9 Å². The molecule has 1 saturated carbocycles. The van der Waals surface area contributed by atoms with Crippen molar-refractivity contribution in [3.05, 3.63) is 30.5 Å². The summed E-state index contributed by atoms with van der Waals surface area (Å²) >= 11 is 1.89. The van der Waals surface area contributed by atoms with E-state index in [-0.39, 0.29) is 0 Å². The van der Waals surface area contributed by atoms with Crippen LogP contribution in [-0.4, -0.2) is 42.6 Å². The summed E-state index contributed by atoms with van der Waals surface area (Å²) in [7, 11) is 3.77. The minimum absolute atomic E-state index is 0.622. The third-order valence-electron chi connectivity index (χ3n) is 5.70. The van der Waals surface area contributed by atoms with Gasteiger partial charge in [0.15, 0.2) is 0 Å². The Morgan fingerprint density at radius 1 is 1.21 bits per heavy atom. The van der Waals surface area contributed by atoms with Crippen LogP contribution in [0.15, 0.2) is 35.4 Å². The second-order valence-electron chi connectivity index (χ2n) is 7.09. The summed E-state index contributed by atoms with van der Waals surface area (Å²) in [5, 5.41) is 5.74. The lowest BCUT2D eigenvalue weighted by Gasteiger charge is -2.52. The van der Waals surface area contributed by atoms with Gasteiger partial charge in [0.1, 0.15) is 0 Å². The quantitative estimate of drug-likeness (QED) is 0.857. The second-order valence-corrected chi connectivity index (χ2v) is 8.22. The number of pyridine rings is 1. The monoisotopic (exact) mass is 343 g/mol.